The standard InChI is InChI=1S/C17H19N3O5/c1-4-9-20(11-15(21)18-14-8-10-25-19-14)17(22)16-12(23-2)6-5-7-13(16)24-3/h4-8,10H,1,9,11H2,2-3H3,(H,18,19,21). The van der Waals surface area contributed by atoms with Crippen LogP contribution in [0.5, 0.6) is 11.5 Å². The molecule has 0 bridgehead atoms. The second kappa shape index (κ2) is 8.53. The monoisotopic (exact) mass is 345 g/mol. The molecule has 2 aromatic rings. The first-order valence-corrected chi connectivity index (χ1v) is 7.42. The predicted octanol–water partition coefficient (Wildman–Crippen LogP) is 1.96. The molecule has 0 fully saturated rings. The number of hydrogen-bond donors (Lipinski definition) is 1. The molecule has 1 aromatic carbocycles. The smallest absolute Gasteiger partial charge is 0.262 e. The zero-order chi connectivity index (χ0) is 18.2. The molecule has 0 spiro atoms. The van der Waals surface area contributed by atoms with Gasteiger partial charge in [-0.3, -0.25) is 9.59 Å². The van der Waals surface area contributed by atoms with Gasteiger partial charge in [0.2, 0.25) is 5.91 Å². The van der Waals surface area contributed by atoms with Gasteiger partial charge in [0.25, 0.3) is 5.91 Å². The summed E-state index contributed by atoms with van der Waals surface area (Å²) in [4.78, 5) is 26.4. The molecule has 0 radical (unpaired) electrons. The topological polar surface area (TPSA) is 93.9 Å². The van der Waals surface area contributed by atoms with Gasteiger partial charge in [-0.1, -0.05) is 17.3 Å². The van der Waals surface area contributed by atoms with Crippen LogP contribution in [0.2, 0.25) is 0 Å². The second-order valence-corrected chi connectivity index (χ2v) is 4.94. The minimum atomic E-state index is -0.419. The van der Waals surface area contributed by atoms with E-state index in [1.807, 2.05) is 0 Å². The summed E-state index contributed by atoms with van der Waals surface area (Å²) in [5.74, 6) is 0.152. The molecule has 0 saturated heterocycles. The van der Waals surface area contributed by atoms with Crippen molar-refractivity contribution in [1.29, 1.82) is 0 Å². The molecule has 1 aromatic heterocycles. The molecule has 1 heterocycles. The van der Waals surface area contributed by atoms with Gasteiger partial charge in [-0.2, -0.15) is 0 Å². The summed E-state index contributed by atoms with van der Waals surface area (Å²) >= 11 is 0. The number of carbonyl (C=O) groups excluding carboxylic acids is 2. The van der Waals surface area contributed by atoms with E-state index in [4.69, 9.17) is 9.47 Å². The summed E-state index contributed by atoms with van der Waals surface area (Å²) in [5, 5.41) is 6.14. The fourth-order valence-electron chi connectivity index (χ4n) is 2.23. The largest absolute Gasteiger partial charge is 0.496 e. The lowest BCUT2D eigenvalue weighted by molar-refractivity contribution is -0.116. The molecule has 0 aliphatic heterocycles. The molecular weight excluding hydrogens is 326 g/mol. The molecule has 25 heavy (non-hydrogen) atoms. The summed E-state index contributed by atoms with van der Waals surface area (Å²) in [7, 11) is 2.92. The lowest BCUT2D eigenvalue weighted by Gasteiger charge is -2.22. The van der Waals surface area contributed by atoms with Gasteiger partial charge in [-0.15, -0.1) is 6.58 Å². The average molecular weight is 345 g/mol. The number of ether oxygens (including phenoxy) is 2. The van der Waals surface area contributed by atoms with Gasteiger partial charge in [0.1, 0.15) is 29.9 Å². The van der Waals surface area contributed by atoms with Crippen LogP contribution in [0.4, 0.5) is 5.82 Å². The first kappa shape index (κ1) is 18.1. The Labute approximate surface area is 145 Å². The Balaban J connectivity index is 2.23. The third kappa shape index (κ3) is 4.37. The molecule has 0 saturated carbocycles. The van der Waals surface area contributed by atoms with Crippen LogP contribution >= 0.6 is 0 Å². The van der Waals surface area contributed by atoms with E-state index in [-0.39, 0.29) is 24.5 Å². The van der Waals surface area contributed by atoms with E-state index in [0.29, 0.717) is 11.5 Å². The Morgan fingerprint density at radius 1 is 1.28 bits per heavy atom. The van der Waals surface area contributed by atoms with Gasteiger partial charge in [0.05, 0.1) is 14.2 Å². The molecule has 8 heteroatoms. The Morgan fingerprint density at radius 2 is 1.96 bits per heavy atom. The molecule has 0 atom stereocenters. The molecule has 2 amide bonds. The van der Waals surface area contributed by atoms with Crippen molar-refractivity contribution < 1.29 is 23.6 Å². The van der Waals surface area contributed by atoms with E-state index in [0.717, 1.165) is 0 Å². The number of aromatic nitrogens is 1. The van der Waals surface area contributed by atoms with Crippen molar-refractivity contribution in [3.63, 3.8) is 0 Å². The quantitative estimate of drug-likeness (QED) is 0.735. The zero-order valence-corrected chi connectivity index (χ0v) is 14.0. The van der Waals surface area contributed by atoms with E-state index < -0.39 is 11.8 Å². The summed E-state index contributed by atoms with van der Waals surface area (Å²) in [6.45, 7) is 3.61. The van der Waals surface area contributed by atoms with Crippen LogP contribution in [0.15, 0.2) is 47.7 Å². The minimum absolute atomic E-state index is 0.173. The van der Waals surface area contributed by atoms with Crippen molar-refractivity contribution in [1.82, 2.24) is 10.1 Å². The number of methoxy groups -OCH3 is 2. The van der Waals surface area contributed by atoms with Gasteiger partial charge >= 0.3 is 0 Å². The van der Waals surface area contributed by atoms with E-state index in [1.54, 1.807) is 18.2 Å². The van der Waals surface area contributed by atoms with Crippen LogP contribution in [-0.2, 0) is 4.79 Å². The summed E-state index contributed by atoms with van der Waals surface area (Å²) < 4.78 is 15.2. The predicted molar refractivity (Wildman–Crippen MR) is 90.8 cm³/mol. The molecular formula is C17H19N3O5. The molecule has 0 aliphatic carbocycles. The van der Waals surface area contributed by atoms with Gasteiger partial charge < -0.3 is 24.2 Å². The summed E-state index contributed by atoms with van der Waals surface area (Å²) in [6.07, 6.45) is 2.87. The summed E-state index contributed by atoms with van der Waals surface area (Å²) in [6, 6.07) is 6.51. The van der Waals surface area contributed by atoms with Crippen molar-refractivity contribution in [2.45, 2.75) is 0 Å². The lowest BCUT2D eigenvalue weighted by atomic mass is 10.1. The van der Waals surface area contributed by atoms with Crippen molar-refractivity contribution >= 4 is 17.6 Å². The number of benzene rings is 1. The van der Waals surface area contributed by atoms with Crippen molar-refractivity contribution in [3.05, 3.63) is 48.7 Å². The van der Waals surface area contributed by atoms with Crippen LogP contribution < -0.4 is 14.8 Å². The number of rotatable bonds is 8. The van der Waals surface area contributed by atoms with E-state index in [2.05, 4.69) is 21.6 Å². The molecule has 8 nitrogen and oxygen atoms in total. The molecule has 2 rings (SSSR count). The minimum Gasteiger partial charge on any atom is -0.496 e. The maximum atomic E-state index is 12.9. The maximum Gasteiger partial charge on any atom is 0.262 e. The highest BCUT2D eigenvalue weighted by atomic mass is 16.5. The highest BCUT2D eigenvalue weighted by Crippen LogP contribution is 2.29. The van der Waals surface area contributed by atoms with Gasteiger partial charge in [0.15, 0.2) is 5.82 Å². The Kier molecular flexibility index (Phi) is 6.16. The number of anilines is 1. The Hall–Kier alpha value is -3.29. The first-order chi connectivity index (χ1) is 12.1. The fourth-order valence-corrected chi connectivity index (χ4v) is 2.23. The van der Waals surface area contributed by atoms with Crippen LogP contribution in [0, 0.1) is 0 Å². The second-order valence-electron chi connectivity index (χ2n) is 4.94. The molecule has 0 aliphatic rings. The van der Waals surface area contributed by atoms with Crippen LogP contribution in [0.1, 0.15) is 10.4 Å². The van der Waals surface area contributed by atoms with Gasteiger partial charge in [-0.25, -0.2) is 0 Å². The van der Waals surface area contributed by atoms with E-state index >= 15 is 0 Å². The molecule has 132 valence electrons. The fraction of sp³-hybridized carbons (Fsp3) is 0.235. The highest BCUT2D eigenvalue weighted by Gasteiger charge is 2.25. The van der Waals surface area contributed by atoms with Crippen LogP contribution in [-0.4, -0.2) is 49.2 Å². The van der Waals surface area contributed by atoms with Gasteiger partial charge in [-0.05, 0) is 12.1 Å². The number of hydrogen-bond acceptors (Lipinski definition) is 6. The first-order valence-electron chi connectivity index (χ1n) is 7.42. The van der Waals surface area contributed by atoms with Gasteiger partial charge in [0, 0.05) is 12.6 Å². The number of nitrogens with zero attached hydrogens (tertiary/aromatic N) is 2. The van der Waals surface area contributed by atoms with Crippen LogP contribution in [0.25, 0.3) is 0 Å². The summed E-state index contributed by atoms with van der Waals surface area (Å²) in [5.41, 5.74) is 0.239. The van der Waals surface area contributed by atoms with E-state index in [9.17, 15) is 9.59 Å². The zero-order valence-electron chi connectivity index (χ0n) is 14.0. The normalized spacial score (nSPS) is 10.0. The van der Waals surface area contributed by atoms with E-state index in [1.165, 1.54) is 37.5 Å². The number of nitrogens with one attached hydrogen (secondary N) is 1. The average Bonchev–Trinajstić information content (AvgIpc) is 3.12. The third-order valence-electron chi connectivity index (χ3n) is 3.32. The van der Waals surface area contributed by atoms with Crippen molar-refractivity contribution in [2.24, 2.45) is 0 Å². The highest BCUT2D eigenvalue weighted by molar-refractivity contribution is 6.02. The van der Waals surface area contributed by atoms with Crippen LogP contribution in [0.3, 0.4) is 0 Å². The maximum absolute atomic E-state index is 12.9. The number of carbonyl (C=O) groups is 2. The Morgan fingerprint density at radius 3 is 2.48 bits per heavy atom. The molecule has 0 unspecified atom stereocenters. The van der Waals surface area contributed by atoms with Crippen molar-refractivity contribution in [2.75, 3.05) is 32.6 Å². The Bertz CT molecular complexity index is 720. The third-order valence-corrected chi connectivity index (χ3v) is 3.32. The number of amides is 2. The SMILES string of the molecule is C=CCN(CC(=O)Nc1ccon1)C(=O)c1c(OC)cccc1OC. The lowest BCUT2D eigenvalue weighted by Crippen LogP contribution is -2.38. The van der Waals surface area contributed by atoms with Crippen molar-refractivity contribution in [3.8, 4) is 11.5 Å². The molecule has 1 N–H and O–H groups in total.